The molecule has 0 atom stereocenters. The smallest absolute Gasteiger partial charge is 0.327 e. The molecule has 0 spiro atoms. The maximum Gasteiger partial charge on any atom is 0.327 e. The van der Waals surface area contributed by atoms with E-state index in [0.29, 0.717) is 13.1 Å². The monoisotopic (exact) mass is 366 g/mol. The summed E-state index contributed by atoms with van der Waals surface area (Å²) in [7, 11) is -3.64. The van der Waals surface area contributed by atoms with Gasteiger partial charge in [-0.25, -0.2) is 13.2 Å². The highest BCUT2D eigenvalue weighted by molar-refractivity contribution is 7.89. The predicted octanol–water partition coefficient (Wildman–Crippen LogP) is 1.09. The van der Waals surface area contributed by atoms with Crippen molar-refractivity contribution in [3.63, 3.8) is 0 Å². The molecule has 1 aromatic heterocycles. The van der Waals surface area contributed by atoms with E-state index in [4.69, 9.17) is 5.73 Å². The van der Waals surface area contributed by atoms with E-state index in [1.807, 2.05) is 4.98 Å². The van der Waals surface area contributed by atoms with Gasteiger partial charge in [-0.1, -0.05) is 19.9 Å². The minimum Gasteiger partial charge on any atom is -0.383 e. The zero-order chi connectivity index (χ0) is 18.6. The Kier molecular flexibility index (Phi) is 5.49. The molecule has 11 heteroatoms. The number of hydrogen-bond donors (Lipinski definition) is 3. The third-order valence-corrected chi connectivity index (χ3v) is 5.42. The van der Waals surface area contributed by atoms with Gasteiger partial charge < -0.3 is 5.73 Å². The first kappa shape index (κ1) is 18.5. The zero-order valence-corrected chi connectivity index (χ0v) is 14.5. The molecule has 4 N–H and O–H groups in total. The van der Waals surface area contributed by atoms with Crippen molar-refractivity contribution in [3.05, 3.63) is 45.1 Å². The number of nitrogens with zero attached hydrogens (tertiary/aromatic N) is 3. The summed E-state index contributed by atoms with van der Waals surface area (Å²) in [5, 5.41) is 7.54. The first-order valence-corrected chi connectivity index (χ1v) is 8.87. The van der Waals surface area contributed by atoms with Gasteiger partial charge in [0.05, 0.1) is 10.6 Å². The van der Waals surface area contributed by atoms with Crippen molar-refractivity contribution in [3.8, 4) is 0 Å². The molecule has 2 rings (SSSR count). The van der Waals surface area contributed by atoms with Gasteiger partial charge in [-0.15, -0.1) is 5.11 Å². The minimum atomic E-state index is -3.64. The normalized spacial score (nSPS) is 12.1. The molecule has 2 aromatic rings. The number of nitrogens with one attached hydrogen (secondary N) is 2. The van der Waals surface area contributed by atoms with Crippen LogP contribution in [0.3, 0.4) is 0 Å². The van der Waals surface area contributed by atoms with Crippen LogP contribution in [0.25, 0.3) is 0 Å². The van der Waals surface area contributed by atoms with Gasteiger partial charge in [0.2, 0.25) is 10.0 Å². The van der Waals surface area contributed by atoms with E-state index in [9.17, 15) is 18.0 Å². The number of benzene rings is 1. The number of nitrogen functional groups attached to an aromatic ring is 1. The number of nitrogens with two attached hydrogens (primary N) is 1. The van der Waals surface area contributed by atoms with Crippen LogP contribution in [0, 0.1) is 0 Å². The van der Waals surface area contributed by atoms with E-state index >= 15 is 0 Å². The Hall–Kier alpha value is -2.79. The Morgan fingerprint density at radius 3 is 2.40 bits per heavy atom. The molecule has 134 valence electrons. The van der Waals surface area contributed by atoms with Gasteiger partial charge in [-0.3, -0.25) is 14.8 Å². The third-order valence-electron chi connectivity index (χ3n) is 3.37. The Balaban J connectivity index is 2.41. The van der Waals surface area contributed by atoms with E-state index < -0.39 is 21.3 Å². The lowest BCUT2D eigenvalue weighted by molar-refractivity contribution is 0.445. The number of hydrogen-bond acceptors (Lipinski definition) is 7. The van der Waals surface area contributed by atoms with Gasteiger partial charge in [-0.05, 0) is 18.2 Å². The van der Waals surface area contributed by atoms with Crippen molar-refractivity contribution in [2.45, 2.75) is 18.7 Å². The van der Waals surface area contributed by atoms with Crippen LogP contribution in [0.1, 0.15) is 13.8 Å². The van der Waals surface area contributed by atoms with Crippen LogP contribution in [-0.2, 0) is 10.0 Å². The fraction of sp³-hybridized carbons (Fsp3) is 0.286. The summed E-state index contributed by atoms with van der Waals surface area (Å²) in [6.45, 7) is 4.17. The molecule has 10 nitrogen and oxygen atoms in total. The molecule has 1 heterocycles. The van der Waals surface area contributed by atoms with Crippen LogP contribution in [0.4, 0.5) is 17.2 Å². The van der Waals surface area contributed by atoms with Crippen LogP contribution in [0.5, 0.6) is 0 Å². The molecule has 0 saturated carbocycles. The zero-order valence-electron chi connectivity index (χ0n) is 13.7. The van der Waals surface area contributed by atoms with Gasteiger partial charge in [0.25, 0.3) is 5.56 Å². The fourth-order valence-electron chi connectivity index (χ4n) is 2.12. The molecular weight excluding hydrogens is 348 g/mol. The molecule has 0 radical (unpaired) electrons. The van der Waals surface area contributed by atoms with Crippen LogP contribution in [0.15, 0.2) is 49.0 Å². The molecule has 0 aliphatic carbocycles. The summed E-state index contributed by atoms with van der Waals surface area (Å²) >= 11 is 0. The molecule has 0 saturated heterocycles. The van der Waals surface area contributed by atoms with Crippen molar-refractivity contribution in [2.75, 3.05) is 18.8 Å². The lowest BCUT2D eigenvalue weighted by Crippen LogP contribution is -2.30. The number of aromatic nitrogens is 2. The van der Waals surface area contributed by atoms with E-state index in [0.717, 1.165) is 0 Å². The molecule has 0 amide bonds. The number of anilines is 1. The quantitative estimate of drug-likeness (QED) is 0.653. The van der Waals surface area contributed by atoms with Crippen molar-refractivity contribution in [1.82, 2.24) is 14.3 Å². The molecule has 0 aliphatic rings. The summed E-state index contributed by atoms with van der Waals surface area (Å²) in [6.07, 6.45) is 0. The summed E-state index contributed by atoms with van der Waals surface area (Å²) < 4.78 is 26.3. The van der Waals surface area contributed by atoms with Gasteiger partial charge >= 0.3 is 5.69 Å². The van der Waals surface area contributed by atoms with E-state index in [1.54, 1.807) is 13.8 Å². The minimum absolute atomic E-state index is 0.0657. The Labute approximate surface area is 143 Å². The highest BCUT2D eigenvalue weighted by Gasteiger charge is 2.21. The van der Waals surface area contributed by atoms with E-state index in [-0.39, 0.29) is 22.1 Å². The molecule has 0 fully saturated rings. The topological polar surface area (TPSA) is 154 Å². The average molecular weight is 366 g/mol. The summed E-state index contributed by atoms with van der Waals surface area (Å²) in [5.41, 5.74) is 3.93. The Morgan fingerprint density at radius 2 is 1.80 bits per heavy atom. The highest BCUT2D eigenvalue weighted by Crippen LogP contribution is 2.23. The molecule has 0 bridgehead atoms. The van der Waals surface area contributed by atoms with Gasteiger partial charge in [0.15, 0.2) is 5.69 Å². The van der Waals surface area contributed by atoms with Crippen LogP contribution in [-0.4, -0.2) is 35.8 Å². The highest BCUT2D eigenvalue weighted by atomic mass is 32.2. The van der Waals surface area contributed by atoms with Crippen LogP contribution < -0.4 is 17.0 Å². The van der Waals surface area contributed by atoms with Crippen molar-refractivity contribution in [1.29, 1.82) is 0 Å². The Morgan fingerprint density at radius 1 is 1.12 bits per heavy atom. The van der Waals surface area contributed by atoms with Crippen molar-refractivity contribution < 1.29 is 8.42 Å². The number of rotatable bonds is 6. The molecule has 1 aromatic carbocycles. The van der Waals surface area contributed by atoms with Crippen LogP contribution in [0.2, 0.25) is 0 Å². The standard InChI is InChI=1S/C14H18N6O4S/c1-3-20(4-2)25(23,24)10-7-5-6-9(8-10)18-19-11-12(15)16-14(22)17-13(11)21/h5-8H,3-4H2,1-2H3,(H4,15,16,17,21,22). The molecule has 25 heavy (non-hydrogen) atoms. The lowest BCUT2D eigenvalue weighted by atomic mass is 10.3. The van der Waals surface area contributed by atoms with Gasteiger partial charge in [-0.2, -0.15) is 9.42 Å². The third kappa shape index (κ3) is 4.00. The second-order valence-corrected chi connectivity index (χ2v) is 6.90. The maximum atomic E-state index is 12.5. The van der Waals surface area contributed by atoms with Crippen LogP contribution >= 0.6 is 0 Å². The number of H-pyrrole nitrogens is 2. The summed E-state index contributed by atoms with van der Waals surface area (Å²) in [5.74, 6) is -0.232. The number of aromatic amines is 2. The molecular formula is C14H18N6O4S. The SMILES string of the molecule is CCN(CC)S(=O)(=O)c1cccc(N=Nc2c(N)[nH]c(=O)[nH]c2=O)c1. The first-order chi connectivity index (χ1) is 11.8. The largest absolute Gasteiger partial charge is 0.383 e. The average Bonchev–Trinajstić information content (AvgIpc) is 2.55. The van der Waals surface area contributed by atoms with Crippen molar-refractivity contribution >= 4 is 27.2 Å². The molecule has 0 unspecified atom stereocenters. The molecule has 0 aliphatic heterocycles. The summed E-state index contributed by atoms with van der Waals surface area (Å²) in [4.78, 5) is 27.0. The Bertz CT molecular complexity index is 1000. The number of sulfonamides is 1. The second-order valence-electron chi connectivity index (χ2n) is 4.96. The van der Waals surface area contributed by atoms with Gasteiger partial charge in [0.1, 0.15) is 5.82 Å². The van der Waals surface area contributed by atoms with Crippen molar-refractivity contribution in [2.24, 2.45) is 10.2 Å². The van der Waals surface area contributed by atoms with E-state index in [2.05, 4.69) is 15.2 Å². The predicted molar refractivity (Wildman–Crippen MR) is 92.8 cm³/mol. The first-order valence-electron chi connectivity index (χ1n) is 7.43. The second kappa shape index (κ2) is 7.40. The maximum absolute atomic E-state index is 12.5. The summed E-state index contributed by atoms with van der Waals surface area (Å²) in [6, 6.07) is 5.84. The number of azo groups is 1. The lowest BCUT2D eigenvalue weighted by Gasteiger charge is -2.18. The van der Waals surface area contributed by atoms with Gasteiger partial charge in [0, 0.05) is 13.1 Å². The fourth-order valence-corrected chi connectivity index (χ4v) is 3.62. The van der Waals surface area contributed by atoms with E-state index in [1.165, 1.54) is 28.6 Å².